The Morgan fingerprint density at radius 3 is 2.50 bits per heavy atom. The molecule has 1 aliphatic carbocycles. The lowest BCUT2D eigenvalue weighted by molar-refractivity contribution is -0.143. The molecule has 1 atom stereocenters. The molecule has 3 rings (SSSR count). The number of carbonyl (C=O) groups excluding carboxylic acids is 2. The summed E-state index contributed by atoms with van der Waals surface area (Å²) in [4.78, 5) is 28.3. The first-order valence-electron chi connectivity index (χ1n) is 12.0. The minimum absolute atomic E-state index is 0.125. The van der Waals surface area contributed by atoms with Gasteiger partial charge in [-0.2, -0.15) is 0 Å². The van der Waals surface area contributed by atoms with E-state index >= 15 is 0 Å². The summed E-state index contributed by atoms with van der Waals surface area (Å²) in [5.41, 5.74) is 2.74. The van der Waals surface area contributed by atoms with Gasteiger partial charge in [-0.15, -0.1) is 0 Å². The van der Waals surface area contributed by atoms with Crippen LogP contribution in [0.15, 0.2) is 36.4 Å². The highest BCUT2D eigenvalue weighted by atomic mass is 35.5. The average molecular weight is 505 g/mol. The third-order valence-electron chi connectivity index (χ3n) is 6.39. The van der Waals surface area contributed by atoms with Crippen molar-refractivity contribution in [3.8, 4) is 5.75 Å². The molecule has 0 aromatic heterocycles. The molecule has 34 heavy (non-hydrogen) atoms. The van der Waals surface area contributed by atoms with Gasteiger partial charge in [0.1, 0.15) is 11.8 Å². The second-order valence-electron chi connectivity index (χ2n) is 9.08. The topological polar surface area (TPSA) is 58.6 Å². The number of rotatable bonds is 9. The van der Waals surface area contributed by atoms with Crippen LogP contribution in [0.3, 0.4) is 0 Å². The van der Waals surface area contributed by atoms with Gasteiger partial charge in [-0.1, -0.05) is 67.6 Å². The lowest BCUT2D eigenvalue weighted by atomic mass is 9.95. The first-order valence-corrected chi connectivity index (χ1v) is 12.8. The number of halogens is 2. The molecule has 0 unspecified atom stereocenters. The molecule has 0 spiro atoms. The van der Waals surface area contributed by atoms with Crippen LogP contribution >= 0.6 is 23.2 Å². The van der Waals surface area contributed by atoms with Gasteiger partial charge >= 0.3 is 0 Å². The Balaban J connectivity index is 1.81. The van der Waals surface area contributed by atoms with Crippen LogP contribution in [0.5, 0.6) is 5.75 Å². The van der Waals surface area contributed by atoms with Crippen molar-refractivity contribution in [1.82, 2.24) is 10.2 Å². The SMILES string of the molecule is CC[C@@H](C(=O)NC1CCCCC1)N(Cc1ccc(Cl)cc1Cl)C(=O)COc1cc(C)ccc1C. The molecule has 1 fully saturated rings. The number of amides is 2. The second kappa shape index (κ2) is 12.5. The van der Waals surface area contributed by atoms with E-state index in [4.69, 9.17) is 27.9 Å². The molecule has 7 heteroatoms. The van der Waals surface area contributed by atoms with Gasteiger partial charge in [-0.25, -0.2) is 0 Å². The Labute approximate surface area is 212 Å². The number of benzene rings is 2. The van der Waals surface area contributed by atoms with E-state index in [9.17, 15) is 9.59 Å². The molecule has 1 aliphatic rings. The zero-order chi connectivity index (χ0) is 24.7. The highest BCUT2D eigenvalue weighted by molar-refractivity contribution is 6.35. The second-order valence-corrected chi connectivity index (χ2v) is 9.93. The molecule has 0 aliphatic heterocycles. The number of hydrogen-bond acceptors (Lipinski definition) is 3. The van der Waals surface area contributed by atoms with Crippen molar-refractivity contribution in [2.24, 2.45) is 0 Å². The van der Waals surface area contributed by atoms with Crippen molar-refractivity contribution < 1.29 is 14.3 Å². The van der Waals surface area contributed by atoms with Gasteiger partial charge in [-0.05, 0) is 68.0 Å². The number of nitrogens with one attached hydrogen (secondary N) is 1. The zero-order valence-electron chi connectivity index (χ0n) is 20.2. The fraction of sp³-hybridized carbons (Fsp3) is 0.481. The van der Waals surface area contributed by atoms with E-state index in [2.05, 4.69) is 5.32 Å². The van der Waals surface area contributed by atoms with Gasteiger partial charge in [0.15, 0.2) is 6.61 Å². The summed E-state index contributed by atoms with van der Waals surface area (Å²) < 4.78 is 5.89. The normalized spacial score (nSPS) is 15.0. The molecule has 5 nitrogen and oxygen atoms in total. The van der Waals surface area contributed by atoms with Crippen LogP contribution in [0.2, 0.25) is 10.0 Å². The molecular weight excluding hydrogens is 471 g/mol. The smallest absolute Gasteiger partial charge is 0.261 e. The van der Waals surface area contributed by atoms with Gasteiger partial charge in [-0.3, -0.25) is 9.59 Å². The molecule has 2 aromatic carbocycles. The lowest BCUT2D eigenvalue weighted by Gasteiger charge is -2.33. The minimum Gasteiger partial charge on any atom is -0.483 e. The monoisotopic (exact) mass is 504 g/mol. The molecule has 1 N–H and O–H groups in total. The average Bonchev–Trinajstić information content (AvgIpc) is 2.81. The maximum atomic E-state index is 13.4. The van der Waals surface area contributed by atoms with Crippen molar-refractivity contribution in [2.75, 3.05) is 6.61 Å². The summed E-state index contributed by atoms with van der Waals surface area (Å²) in [5.74, 6) is 0.273. The minimum atomic E-state index is -0.622. The highest BCUT2D eigenvalue weighted by Gasteiger charge is 2.31. The molecular formula is C27H34Cl2N2O3. The Hall–Kier alpha value is -2.24. The third kappa shape index (κ3) is 7.13. The Morgan fingerprint density at radius 1 is 1.09 bits per heavy atom. The van der Waals surface area contributed by atoms with Crippen molar-refractivity contribution >= 4 is 35.0 Å². The summed E-state index contributed by atoms with van der Waals surface area (Å²) in [6, 6.07) is 10.6. The van der Waals surface area contributed by atoms with Gasteiger partial charge < -0.3 is 15.0 Å². The van der Waals surface area contributed by atoms with Crippen LogP contribution < -0.4 is 10.1 Å². The summed E-state index contributed by atoms with van der Waals surface area (Å²) >= 11 is 12.5. The van der Waals surface area contributed by atoms with Crippen molar-refractivity contribution in [3.63, 3.8) is 0 Å². The molecule has 2 amide bonds. The Bertz CT molecular complexity index is 1010. The van der Waals surface area contributed by atoms with Crippen LogP contribution in [-0.2, 0) is 16.1 Å². The molecule has 1 saturated carbocycles. The van der Waals surface area contributed by atoms with Crippen molar-refractivity contribution in [2.45, 2.75) is 77.9 Å². The molecule has 0 bridgehead atoms. The maximum absolute atomic E-state index is 13.4. The van der Waals surface area contributed by atoms with E-state index in [1.54, 1.807) is 23.1 Å². The van der Waals surface area contributed by atoms with Gasteiger partial charge in [0.25, 0.3) is 5.91 Å². The third-order valence-corrected chi connectivity index (χ3v) is 6.98. The van der Waals surface area contributed by atoms with Crippen molar-refractivity contribution in [1.29, 1.82) is 0 Å². The highest BCUT2D eigenvalue weighted by Crippen LogP contribution is 2.25. The first-order chi connectivity index (χ1) is 16.3. The molecule has 184 valence electrons. The summed E-state index contributed by atoms with van der Waals surface area (Å²) in [6.45, 7) is 5.87. The lowest BCUT2D eigenvalue weighted by Crippen LogP contribution is -2.52. The van der Waals surface area contributed by atoms with Crippen LogP contribution in [0.4, 0.5) is 0 Å². The first kappa shape index (κ1) is 26.4. The number of ether oxygens (including phenoxy) is 1. The largest absolute Gasteiger partial charge is 0.483 e. The zero-order valence-corrected chi connectivity index (χ0v) is 21.7. The van der Waals surface area contributed by atoms with E-state index in [1.165, 1.54) is 6.42 Å². The van der Waals surface area contributed by atoms with E-state index in [0.717, 1.165) is 42.4 Å². The molecule has 2 aromatic rings. The number of carbonyl (C=O) groups is 2. The van der Waals surface area contributed by atoms with Crippen LogP contribution in [-0.4, -0.2) is 35.4 Å². The van der Waals surface area contributed by atoms with Gasteiger partial charge in [0, 0.05) is 22.6 Å². The Kier molecular flexibility index (Phi) is 9.66. The van der Waals surface area contributed by atoms with Gasteiger partial charge in [0.05, 0.1) is 0 Å². The van der Waals surface area contributed by atoms with E-state index < -0.39 is 6.04 Å². The van der Waals surface area contributed by atoms with Crippen molar-refractivity contribution in [3.05, 3.63) is 63.1 Å². The molecule has 0 saturated heterocycles. The summed E-state index contributed by atoms with van der Waals surface area (Å²) in [7, 11) is 0. The Morgan fingerprint density at radius 2 is 1.82 bits per heavy atom. The summed E-state index contributed by atoms with van der Waals surface area (Å²) in [5, 5.41) is 4.16. The fourth-order valence-corrected chi connectivity index (χ4v) is 4.85. The van der Waals surface area contributed by atoms with Crippen LogP contribution in [0.25, 0.3) is 0 Å². The fourth-order valence-electron chi connectivity index (χ4n) is 4.38. The number of nitrogens with zero attached hydrogens (tertiary/aromatic N) is 1. The maximum Gasteiger partial charge on any atom is 0.261 e. The number of aryl methyl sites for hydroxylation is 2. The summed E-state index contributed by atoms with van der Waals surface area (Å²) in [6.07, 6.45) is 5.89. The van der Waals surface area contributed by atoms with Gasteiger partial charge in [0.2, 0.25) is 5.91 Å². The molecule has 0 radical (unpaired) electrons. The van der Waals surface area contributed by atoms with E-state index in [0.29, 0.717) is 22.2 Å². The predicted octanol–water partition coefficient (Wildman–Crippen LogP) is 6.25. The van der Waals surface area contributed by atoms with Crippen LogP contribution in [0.1, 0.15) is 62.1 Å². The quantitative estimate of drug-likeness (QED) is 0.439. The standard InChI is InChI=1S/C27H34Cl2N2O3/c1-4-24(27(33)30-22-8-6-5-7-9-22)31(16-20-12-13-21(28)15-23(20)29)26(32)17-34-25-14-18(2)10-11-19(25)3/h10-15,22,24H,4-9,16-17H2,1-3H3,(H,30,33)/t24-/m0/s1. The number of hydrogen-bond donors (Lipinski definition) is 1. The predicted molar refractivity (Wildman–Crippen MR) is 138 cm³/mol. The van der Waals surface area contributed by atoms with E-state index in [-0.39, 0.29) is 31.0 Å². The van der Waals surface area contributed by atoms with Crippen LogP contribution in [0, 0.1) is 13.8 Å². The molecule has 0 heterocycles. The van der Waals surface area contributed by atoms with E-state index in [1.807, 2.05) is 39.0 Å².